The van der Waals surface area contributed by atoms with Gasteiger partial charge in [0, 0.05) is 23.6 Å². The number of hydrogen-bond acceptors (Lipinski definition) is 2. The van der Waals surface area contributed by atoms with Crippen LogP contribution in [0.5, 0.6) is 0 Å². The summed E-state index contributed by atoms with van der Waals surface area (Å²) in [6.45, 7) is 2.09. The first kappa shape index (κ1) is 13.7. The third-order valence-electron chi connectivity index (χ3n) is 3.15. The summed E-state index contributed by atoms with van der Waals surface area (Å²) >= 11 is 1.80. The van der Waals surface area contributed by atoms with E-state index in [-0.39, 0.29) is 6.04 Å². The molecule has 0 bridgehead atoms. The molecule has 1 N–H and O–H groups in total. The van der Waals surface area contributed by atoms with Crippen molar-refractivity contribution < 1.29 is 13.2 Å². The number of hydrogen-bond donors (Lipinski definition) is 1. The fourth-order valence-electron chi connectivity index (χ4n) is 2.07. The van der Waals surface area contributed by atoms with Crippen LogP contribution in [0.4, 0.5) is 13.2 Å². The van der Waals surface area contributed by atoms with E-state index >= 15 is 0 Å². The molecule has 1 heterocycles. The summed E-state index contributed by atoms with van der Waals surface area (Å²) in [6.07, 6.45) is -3.26. The first-order valence-electron chi connectivity index (χ1n) is 6.01. The summed E-state index contributed by atoms with van der Waals surface area (Å²) in [5.74, 6) is 1.86. The van der Waals surface area contributed by atoms with Gasteiger partial charge in [-0.2, -0.15) is 24.9 Å². The van der Waals surface area contributed by atoms with Gasteiger partial charge in [-0.25, -0.2) is 0 Å². The lowest BCUT2D eigenvalue weighted by Crippen LogP contribution is -2.39. The molecule has 0 amide bonds. The van der Waals surface area contributed by atoms with Crippen LogP contribution in [0, 0.1) is 0 Å². The normalized spacial score (nSPS) is 25.1. The molecule has 5 heteroatoms. The molecule has 1 aromatic rings. The summed E-state index contributed by atoms with van der Waals surface area (Å²) < 4.78 is 38.0. The highest BCUT2D eigenvalue weighted by molar-refractivity contribution is 7.99. The van der Waals surface area contributed by atoms with Crippen molar-refractivity contribution in [2.45, 2.75) is 31.6 Å². The Balaban J connectivity index is 2.18. The van der Waals surface area contributed by atoms with Crippen molar-refractivity contribution in [1.82, 2.24) is 5.32 Å². The minimum atomic E-state index is -4.26. The Kier molecular flexibility index (Phi) is 4.22. The van der Waals surface area contributed by atoms with E-state index in [9.17, 15) is 13.2 Å². The second kappa shape index (κ2) is 5.53. The fourth-order valence-corrected chi connectivity index (χ4v) is 3.35. The van der Waals surface area contributed by atoms with Gasteiger partial charge in [-0.3, -0.25) is 0 Å². The zero-order chi connectivity index (χ0) is 13.2. The number of benzene rings is 1. The Bertz CT molecular complexity index is 405. The number of nitrogens with one attached hydrogen (secondary N) is 1. The average molecular weight is 275 g/mol. The van der Waals surface area contributed by atoms with Crippen molar-refractivity contribution in [3.63, 3.8) is 0 Å². The Morgan fingerprint density at radius 3 is 2.78 bits per heavy atom. The molecule has 0 aromatic heterocycles. The summed E-state index contributed by atoms with van der Waals surface area (Å²) in [7, 11) is 0. The summed E-state index contributed by atoms with van der Waals surface area (Å²) in [5, 5.41) is 3.41. The van der Waals surface area contributed by atoms with Gasteiger partial charge >= 0.3 is 6.18 Å². The van der Waals surface area contributed by atoms with Crippen LogP contribution in [0.2, 0.25) is 0 Å². The lowest BCUT2D eigenvalue weighted by Gasteiger charge is -2.30. The average Bonchev–Trinajstić information content (AvgIpc) is 2.38. The van der Waals surface area contributed by atoms with Gasteiger partial charge in [0.1, 0.15) is 0 Å². The van der Waals surface area contributed by atoms with E-state index in [1.165, 1.54) is 12.1 Å². The van der Waals surface area contributed by atoms with E-state index in [4.69, 9.17) is 0 Å². The highest BCUT2D eigenvalue weighted by Gasteiger charge is 2.31. The lowest BCUT2D eigenvalue weighted by atomic mass is 10.0. The second-order valence-electron chi connectivity index (χ2n) is 4.49. The monoisotopic (exact) mass is 275 g/mol. The maximum Gasteiger partial charge on any atom is 0.416 e. The van der Waals surface area contributed by atoms with Crippen LogP contribution < -0.4 is 5.32 Å². The Morgan fingerprint density at radius 2 is 2.11 bits per heavy atom. The minimum Gasteiger partial charge on any atom is -0.306 e. The SMILES string of the molecule is CCC1CSCC(c2cccc(C(F)(F)F)c2)N1. The molecule has 2 unspecified atom stereocenters. The third kappa shape index (κ3) is 3.20. The number of thioether (sulfide) groups is 1. The van der Waals surface area contributed by atoms with Crippen LogP contribution in [0.3, 0.4) is 0 Å². The molecular weight excluding hydrogens is 259 g/mol. The Morgan fingerprint density at radius 1 is 1.33 bits per heavy atom. The number of alkyl halides is 3. The van der Waals surface area contributed by atoms with Crippen LogP contribution in [0.15, 0.2) is 24.3 Å². The highest BCUT2D eigenvalue weighted by atomic mass is 32.2. The Labute approximate surface area is 109 Å². The molecule has 0 aliphatic carbocycles. The van der Waals surface area contributed by atoms with Crippen LogP contribution >= 0.6 is 11.8 Å². The van der Waals surface area contributed by atoms with E-state index in [1.54, 1.807) is 17.8 Å². The lowest BCUT2D eigenvalue weighted by molar-refractivity contribution is -0.137. The van der Waals surface area contributed by atoms with Crippen LogP contribution in [0.25, 0.3) is 0 Å². The van der Waals surface area contributed by atoms with E-state index in [0.29, 0.717) is 6.04 Å². The topological polar surface area (TPSA) is 12.0 Å². The molecule has 0 saturated carbocycles. The van der Waals surface area contributed by atoms with Crippen LogP contribution in [-0.2, 0) is 6.18 Å². The van der Waals surface area contributed by atoms with Gasteiger partial charge in [0.2, 0.25) is 0 Å². The van der Waals surface area contributed by atoms with Crippen molar-refractivity contribution in [2.75, 3.05) is 11.5 Å². The molecule has 2 atom stereocenters. The maximum atomic E-state index is 12.7. The summed E-state index contributed by atoms with van der Waals surface area (Å²) in [4.78, 5) is 0. The quantitative estimate of drug-likeness (QED) is 0.879. The van der Waals surface area contributed by atoms with Gasteiger partial charge in [0.05, 0.1) is 5.56 Å². The molecule has 18 heavy (non-hydrogen) atoms. The van der Waals surface area contributed by atoms with Crippen molar-refractivity contribution in [1.29, 1.82) is 0 Å². The molecule has 1 aromatic carbocycles. The molecule has 1 saturated heterocycles. The van der Waals surface area contributed by atoms with E-state index < -0.39 is 11.7 Å². The predicted molar refractivity (Wildman–Crippen MR) is 68.7 cm³/mol. The largest absolute Gasteiger partial charge is 0.416 e. The smallest absolute Gasteiger partial charge is 0.306 e. The molecule has 0 radical (unpaired) electrons. The van der Waals surface area contributed by atoms with Gasteiger partial charge in [-0.15, -0.1) is 0 Å². The highest BCUT2D eigenvalue weighted by Crippen LogP contribution is 2.32. The van der Waals surface area contributed by atoms with Crippen LogP contribution in [0.1, 0.15) is 30.5 Å². The number of halogens is 3. The first-order chi connectivity index (χ1) is 8.50. The van der Waals surface area contributed by atoms with E-state index in [0.717, 1.165) is 29.6 Å². The molecule has 1 aliphatic rings. The molecular formula is C13H16F3NS. The fraction of sp³-hybridized carbons (Fsp3) is 0.538. The zero-order valence-corrected chi connectivity index (χ0v) is 10.9. The van der Waals surface area contributed by atoms with Crippen LogP contribution in [-0.4, -0.2) is 17.5 Å². The summed E-state index contributed by atoms with van der Waals surface area (Å²) in [6, 6.07) is 6.05. The van der Waals surface area contributed by atoms with Gasteiger partial charge in [-0.05, 0) is 24.1 Å². The van der Waals surface area contributed by atoms with Crippen molar-refractivity contribution >= 4 is 11.8 Å². The number of rotatable bonds is 2. The van der Waals surface area contributed by atoms with E-state index in [1.807, 2.05) is 0 Å². The Hall–Kier alpha value is -0.680. The summed E-state index contributed by atoms with van der Waals surface area (Å²) in [5.41, 5.74) is 0.167. The van der Waals surface area contributed by atoms with Crippen molar-refractivity contribution in [3.05, 3.63) is 35.4 Å². The first-order valence-corrected chi connectivity index (χ1v) is 7.17. The van der Waals surface area contributed by atoms with Gasteiger partial charge in [0.15, 0.2) is 0 Å². The van der Waals surface area contributed by atoms with E-state index in [2.05, 4.69) is 12.2 Å². The molecule has 100 valence electrons. The van der Waals surface area contributed by atoms with Gasteiger partial charge < -0.3 is 5.32 Å². The molecule has 1 fully saturated rings. The zero-order valence-electron chi connectivity index (χ0n) is 10.1. The second-order valence-corrected chi connectivity index (χ2v) is 5.56. The molecule has 1 nitrogen and oxygen atoms in total. The molecule has 1 aliphatic heterocycles. The molecule has 0 spiro atoms. The minimum absolute atomic E-state index is 0.0241. The predicted octanol–water partition coefficient (Wildman–Crippen LogP) is 3.86. The van der Waals surface area contributed by atoms with Crippen molar-refractivity contribution in [3.8, 4) is 0 Å². The van der Waals surface area contributed by atoms with Crippen molar-refractivity contribution in [2.24, 2.45) is 0 Å². The maximum absolute atomic E-state index is 12.7. The standard InChI is InChI=1S/C13H16F3NS/c1-2-11-7-18-8-12(17-11)9-4-3-5-10(6-9)13(14,15)16/h3-6,11-12,17H,2,7-8H2,1H3. The van der Waals surface area contributed by atoms with Gasteiger partial charge in [0.25, 0.3) is 0 Å². The molecule has 2 rings (SSSR count). The van der Waals surface area contributed by atoms with Gasteiger partial charge in [-0.1, -0.05) is 19.1 Å². The third-order valence-corrected chi connectivity index (χ3v) is 4.36.